The molecule has 0 aromatic carbocycles. The average molecular weight is 223 g/mol. The van der Waals surface area contributed by atoms with E-state index in [4.69, 9.17) is 4.74 Å². The van der Waals surface area contributed by atoms with E-state index in [9.17, 15) is 0 Å². The molecule has 1 aromatic rings. The third-order valence-corrected chi connectivity index (χ3v) is 2.67. The molecule has 1 aromatic heterocycles. The van der Waals surface area contributed by atoms with Crippen LogP contribution in [0.1, 0.15) is 44.3 Å². The van der Waals surface area contributed by atoms with E-state index >= 15 is 0 Å². The van der Waals surface area contributed by atoms with Crippen molar-refractivity contribution in [1.82, 2.24) is 15.5 Å². The second-order valence-electron chi connectivity index (χ2n) is 3.84. The van der Waals surface area contributed by atoms with Crippen LogP contribution >= 0.6 is 0 Å². The smallest absolute Gasteiger partial charge is 0.233 e. The van der Waals surface area contributed by atoms with Crippen molar-refractivity contribution < 1.29 is 4.74 Å². The summed E-state index contributed by atoms with van der Waals surface area (Å²) in [6, 6.07) is 4.12. The van der Waals surface area contributed by atoms with E-state index in [1.54, 1.807) is 7.11 Å². The molecule has 1 unspecified atom stereocenters. The lowest BCUT2D eigenvalue weighted by molar-refractivity contribution is 0.388. The van der Waals surface area contributed by atoms with Crippen molar-refractivity contribution in [1.29, 1.82) is 0 Å². The van der Waals surface area contributed by atoms with Gasteiger partial charge < -0.3 is 10.1 Å². The van der Waals surface area contributed by atoms with Crippen LogP contribution in [0.15, 0.2) is 12.1 Å². The first-order valence-electron chi connectivity index (χ1n) is 5.86. The van der Waals surface area contributed by atoms with Gasteiger partial charge in [0.25, 0.3) is 0 Å². The van der Waals surface area contributed by atoms with E-state index in [-0.39, 0.29) is 0 Å². The molecule has 0 spiro atoms. The molecule has 4 heteroatoms. The van der Waals surface area contributed by atoms with Crippen molar-refractivity contribution in [2.45, 2.75) is 38.6 Å². The number of nitrogens with zero attached hydrogens (tertiary/aromatic N) is 2. The van der Waals surface area contributed by atoms with Gasteiger partial charge in [-0.2, -0.15) is 5.10 Å². The Balaban J connectivity index is 2.56. The zero-order valence-corrected chi connectivity index (χ0v) is 10.4. The summed E-state index contributed by atoms with van der Waals surface area (Å²) in [5, 5.41) is 11.4. The van der Waals surface area contributed by atoms with Crippen LogP contribution in [0.2, 0.25) is 0 Å². The predicted molar refractivity (Wildman–Crippen MR) is 64.5 cm³/mol. The van der Waals surface area contributed by atoms with Crippen molar-refractivity contribution in [3.05, 3.63) is 17.8 Å². The number of hydrogen-bond acceptors (Lipinski definition) is 4. The molecule has 0 aliphatic carbocycles. The minimum absolute atomic E-state index is 0.296. The van der Waals surface area contributed by atoms with Gasteiger partial charge in [-0.05, 0) is 19.5 Å². The zero-order chi connectivity index (χ0) is 11.8. The van der Waals surface area contributed by atoms with E-state index < -0.39 is 0 Å². The van der Waals surface area contributed by atoms with Crippen molar-refractivity contribution in [2.24, 2.45) is 0 Å². The Bertz CT molecular complexity index is 287. The Hall–Kier alpha value is -1.16. The highest BCUT2D eigenvalue weighted by atomic mass is 16.5. The summed E-state index contributed by atoms with van der Waals surface area (Å²) in [6.45, 7) is 2.21. The second kappa shape index (κ2) is 7.17. The van der Waals surface area contributed by atoms with Crippen LogP contribution < -0.4 is 10.1 Å². The standard InChI is InChI=1S/C12H21N3O/c1-4-5-6-7-10(13-2)11-8-9-12(16-3)15-14-11/h8-10,13H,4-7H2,1-3H3. The van der Waals surface area contributed by atoms with Crippen LogP contribution in [-0.4, -0.2) is 24.4 Å². The molecule has 0 bridgehead atoms. The van der Waals surface area contributed by atoms with Crippen LogP contribution in [0.5, 0.6) is 5.88 Å². The van der Waals surface area contributed by atoms with Gasteiger partial charge >= 0.3 is 0 Å². The van der Waals surface area contributed by atoms with Gasteiger partial charge in [0.1, 0.15) is 0 Å². The zero-order valence-electron chi connectivity index (χ0n) is 10.4. The summed E-state index contributed by atoms with van der Waals surface area (Å²) in [5.41, 5.74) is 0.986. The molecule has 0 radical (unpaired) electrons. The summed E-state index contributed by atoms with van der Waals surface area (Å²) in [4.78, 5) is 0. The van der Waals surface area contributed by atoms with Crippen molar-refractivity contribution in [2.75, 3.05) is 14.2 Å². The number of nitrogens with one attached hydrogen (secondary N) is 1. The van der Waals surface area contributed by atoms with Crippen LogP contribution in [-0.2, 0) is 0 Å². The number of aromatic nitrogens is 2. The Morgan fingerprint density at radius 3 is 2.62 bits per heavy atom. The Kier molecular flexibility index (Phi) is 5.78. The van der Waals surface area contributed by atoms with Crippen LogP contribution in [0, 0.1) is 0 Å². The lowest BCUT2D eigenvalue weighted by atomic mass is 10.1. The maximum absolute atomic E-state index is 4.99. The second-order valence-corrected chi connectivity index (χ2v) is 3.84. The van der Waals surface area contributed by atoms with Crippen LogP contribution in [0.25, 0.3) is 0 Å². The van der Waals surface area contributed by atoms with E-state index in [0.717, 1.165) is 12.1 Å². The Labute approximate surface area is 97.4 Å². The lowest BCUT2D eigenvalue weighted by Gasteiger charge is -2.14. The van der Waals surface area contributed by atoms with Gasteiger partial charge in [0.15, 0.2) is 0 Å². The van der Waals surface area contributed by atoms with Crippen molar-refractivity contribution in [3.8, 4) is 5.88 Å². The summed E-state index contributed by atoms with van der Waals surface area (Å²) in [5.74, 6) is 0.562. The molecule has 0 aliphatic heterocycles. The largest absolute Gasteiger partial charge is 0.480 e. The fourth-order valence-corrected chi connectivity index (χ4v) is 1.66. The summed E-state index contributed by atoms with van der Waals surface area (Å²) in [6.07, 6.45) is 4.83. The molecule has 0 saturated heterocycles. The lowest BCUT2D eigenvalue weighted by Crippen LogP contribution is -2.18. The number of methoxy groups -OCH3 is 1. The number of unbranched alkanes of at least 4 members (excludes halogenated alkanes) is 2. The van der Waals surface area contributed by atoms with Gasteiger partial charge in [0.2, 0.25) is 5.88 Å². The molecule has 1 N–H and O–H groups in total. The van der Waals surface area contributed by atoms with Gasteiger partial charge in [0, 0.05) is 6.07 Å². The van der Waals surface area contributed by atoms with E-state index in [1.165, 1.54) is 19.3 Å². The normalized spacial score (nSPS) is 12.4. The molecule has 0 fully saturated rings. The molecule has 4 nitrogen and oxygen atoms in total. The first-order chi connectivity index (χ1) is 7.81. The first kappa shape index (κ1) is 12.9. The van der Waals surface area contributed by atoms with Gasteiger partial charge in [-0.1, -0.05) is 26.2 Å². The fraction of sp³-hybridized carbons (Fsp3) is 0.667. The topological polar surface area (TPSA) is 47.0 Å². The molecule has 16 heavy (non-hydrogen) atoms. The van der Waals surface area contributed by atoms with E-state index in [2.05, 4.69) is 22.4 Å². The van der Waals surface area contributed by atoms with Crippen molar-refractivity contribution in [3.63, 3.8) is 0 Å². The summed E-state index contributed by atoms with van der Waals surface area (Å²) in [7, 11) is 3.56. The maximum Gasteiger partial charge on any atom is 0.233 e. The van der Waals surface area contributed by atoms with E-state index in [1.807, 2.05) is 19.2 Å². The SMILES string of the molecule is CCCCCC(NC)c1ccc(OC)nn1. The van der Waals surface area contributed by atoms with Gasteiger partial charge in [-0.15, -0.1) is 5.10 Å². The molecular formula is C12H21N3O. The Morgan fingerprint density at radius 2 is 2.12 bits per heavy atom. The monoisotopic (exact) mass is 223 g/mol. The molecule has 0 saturated carbocycles. The minimum Gasteiger partial charge on any atom is -0.480 e. The summed E-state index contributed by atoms with van der Waals surface area (Å²) >= 11 is 0. The average Bonchev–Trinajstić information content (AvgIpc) is 2.35. The van der Waals surface area contributed by atoms with Crippen LogP contribution in [0.3, 0.4) is 0 Å². The third kappa shape index (κ3) is 3.77. The number of hydrogen-bond donors (Lipinski definition) is 1. The summed E-state index contributed by atoms with van der Waals surface area (Å²) < 4.78 is 4.99. The predicted octanol–water partition coefficient (Wildman–Crippen LogP) is 2.33. The number of ether oxygens (including phenoxy) is 1. The minimum atomic E-state index is 0.296. The molecule has 0 aliphatic rings. The first-order valence-corrected chi connectivity index (χ1v) is 5.86. The van der Waals surface area contributed by atoms with Gasteiger partial charge in [-0.3, -0.25) is 0 Å². The van der Waals surface area contributed by atoms with E-state index in [0.29, 0.717) is 11.9 Å². The molecule has 90 valence electrons. The molecule has 0 amide bonds. The number of rotatable bonds is 7. The fourth-order valence-electron chi connectivity index (χ4n) is 1.66. The molecular weight excluding hydrogens is 202 g/mol. The highest BCUT2D eigenvalue weighted by Gasteiger charge is 2.10. The highest BCUT2D eigenvalue weighted by Crippen LogP contribution is 2.18. The Morgan fingerprint density at radius 1 is 1.31 bits per heavy atom. The third-order valence-electron chi connectivity index (χ3n) is 2.67. The highest BCUT2D eigenvalue weighted by molar-refractivity contribution is 5.13. The van der Waals surface area contributed by atoms with Gasteiger partial charge in [0.05, 0.1) is 18.8 Å². The maximum atomic E-state index is 4.99. The molecule has 1 rings (SSSR count). The quantitative estimate of drug-likeness (QED) is 0.721. The van der Waals surface area contributed by atoms with Crippen molar-refractivity contribution >= 4 is 0 Å². The molecule has 1 atom stereocenters. The molecule has 1 heterocycles. The van der Waals surface area contributed by atoms with Crippen LogP contribution in [0.4, 0.5) is 0 Å². The van der Waals surface area contributed by atoms with Gasteiger partial charge in [-0.25, -0.2) is 0 Å².